The number of allylic oxidation sites excluding steroid dienone is 1. The molecule has 1 N–H and O–H groups in total. The van der Waals surface area contributed by atoms with Crippen molar-refractivity contribution in [3.8, 4) is 0 Å². The largest absolute Gasteiger partial charge is 0.304 e. The predicted octanol–water partition coefficient (Wildman–Crippen LogP) is 5.98. The molecule has 3 rings (SSSR count). The van der Waals surface area contributed by atoms with Gasteiger partial charge in [0, 0.05) is 12.1 Å². The molecule has 0 aliphatic heterocycles. The Morgan fingerprint density at radius 2 is 1.75 bits per heavy atom. The van der Waals surface area contributed by atoms with E-state index in [4.69, 9.17) is 0 Å². The first-order valence-corrected chi connectivity index (χ1v) is 9.14. The molecule has 2 aromatic carbocycles. The van der Waals surface area contributed by atoms with E-state index in [1.807, 2.05) is 0 Å². The van der Waals surface area contributed by atoms with Gasteiger partial charge in [-0.1, -0.05) is 59.7 Å². The number of hydrogen-bond acceptors (Lipinski definition) is 1. The van der Waals surface area contributed by atoms with Crippen LogP contribution in [0, 0.1) is 13.8 Å². The fourth-order valence-electron chi connectivity index (χ4n) is 3.86. The number of nitrogens with one attached hydrogen (secondary N) is 1. The fourth-order valence-corrected chi connectivity index (χ4v) is 3.86. The van der Waals surface area contributed by atoms with E-state index in [0.29, 0.717) is 12.1 Å². The molecule has 1 unspecified atom stereocenters. The molecule has 1 aliphatic rings. The average molecular weight is 319 g/mol. The van der Waals surface area contributed by atoms with Crippen LogP contribution < -0.4 is 5.32 Å². The topological polar surface area (TPSA) is 12.0 Å². The summed E-state index contributed by atoms with van der Waals surface area (Å²) in [4.78, 5) is 0. The normalized spacial score (nSPS) is 19.4. The lowest BCUT2D eigenvalue weighted by molar-refractivity contribution is 0.453. The van der Waals surface area contributed by atoms with Gasteiger partial charge in [0.15, 0.2) is 0 Å². The fraction of sp³-hybridized carbons (Fsp3) is 0.391. The molecule has 1 heteroatoms. The van der Waals surface area contributed by atoms with Gasteiger partial charge in [0.25, 0.3) is 0 Å². The van der Waals surface area contributed by atoms with Gasteiger partial charge >= 0.3 is 0 Å². The van der Waals surface area contributed by atoms with Crippen molar-refractivity contribution in [3.05, 3.63) is 76.4 Å². The van der Waals surface area contributed by atoms with Gasteiger partial charge < -0.3 is 5.32 Å². The van der Waals surface area contributed by atoms with Gasteiger partial charge in [-0.3, -0.25) is 0 Å². The monoisotopic (exact) mass is 319 g/mol. The average Bonchev–Trinajstić information content (AvgIpc) is 2.60. The van der Waals surface area contributed by atoms with Crippen LogP contribution in [0.15, 0.2) is 54.1 Å². The lowest BCUT2D eigenvalue weighted by Crippen LogP contribution is -2.34. The van der Waals surface area contributed by atoms with Gasteiger partial charge in [0.1, 0.15) is 0 Å². The Morgan fingerprint density at radius 1 is 1.00 bits per heavy atom. The van der Waals surface area contributed by atoms with Crippen LogP contribution in [0.2, 0.25) is 0 Å². The molecular formula is C23H29N. The first kappa shape index (κ1) is 17.0. The number of benzene rings is 2. The molecule has 126 valence electrons. The van der Waals surface area contributed by atoms with Crippen LogP contribution in [0.4, 0.5) is 0 Å². The van der Waals surface area contributed by atoms with Crippen molar-refractivity contribution in [1.82, 2.24) is 5.32 Å². The second-order valence-electron chi connectivity index (χ2n) is 7.22. The Kier molecular flexibility index (Phi) is 5.20. The van der Waals surface area contributed by atoms with Crippen molar-refractivity contribution in [1.29, 1.82) is 0 Å². The standard InChI is InChI=1S/C23H29N/c1-16-13-14-17(2)22(15-16)21-11-8-12-23(18(21)3)24-19(4)20-9-6-5-7-10-20/h5-7,9-10,13-15,19,23-24H,8,11-12H2,1-4H3/t19-,23?/m1/s1. The minimum Gasteiger partial charge on any atom is -0.304 e. The van der Waals surface area contributed by atoms with Crippen molar-refractivity contribution in [2.24, 2.45) is 0 Å². The van der Waals surface area contributed by atoms with Crippen molar-refractivity contribution >= 4 is 5.57 Å². The third kappa shape index (κ3) is 3.62. The minimum absolute atomic E-state index is 0.379. The van der Waals surface area contributed by atoms with Crippen LogP contribution in [-0.4, -0.2) is 6.04 Å². The summed E-state index contributed by atoms with van der Waals surface area (Å²) in [5.41, 5.74) is 8.64. The van der Waals surface area contributed by atoms with Crippen LogP contribution >= 0.6 is 0 Å². The molecule has 0 aromatic heterocycles. The highest BCUT2D eigenvalue weighted by Gasteiger charge is 2.23. The smallest absolute Gasteiger partial charge is 0.0297 e. The predicted molar refractivity (Wildman–Crippen MR) is 104 cm³/mol. The Balaban J connectivity index is 1.86. The molecule has 2 aromatic rings. The summed E-state index contributed by atoms with van der Waals surface area (Å²) >= 11 is 0. The molecule has 1 aliphatic carbocycles. The highest BCUT2D eigenvalue weighted by molar-refractivity contribution is 5.72. The molecule has 2 atom stereocenters. The molecule has 0 bridgehead atoms. The maximum atomic E-state index is 3.86. The molecule has 0 fully saturated rings. The van der Waals surface area contributed by atoms with Crippen LogP contribution in [0.3, 0.4) is 0 Å². The number of hydrogen-bond donors (Lipinski definition) is 1. The van der Waals surface area contributed by atoms with Crippen molar-refractivity contribution < 1.29 is 0 Å². The molecule has 0 saturated carbocycles. The van der Waals surface area contributed by atoms with Gasteiger partial charge in [-0.25, -0.2) is 0 Å². The summed E-state index contributed by atoms with van der Waals surface area (Å²) < 4.78 is 0. The van der Waals surface area contributed by atoms with E-state index in [9.17, 15) is 0 Å². The SMILES string of the molecule is CC1=C(c2cc(C)ccc2C)CCCC1N[C@H](C)c1ccccc1. The first-order valence-electron chi connectivity index (χ1n) is 9.14. The van der Waals surface area contributed by atoms with Gasteiger partial charge in [0.2, 0.25) is 0 Å². The summed E-state index contributed by atoms with van der Waals surface area (Å²) in [6.45, 7) is 9.02. The zero-order valence-corrected chi connectivity index (χ0v) is 15.4. The van der Waals surface area contributed by atoms with E-state index in [-0.39, 0.29) is 0 Å². The molecule has 24 heavy (non-hydrogen) atoms. The second kappa shape index (κ2) is 7.36. The number of rotatable bonds is 4. The van der Waals surface area contributed by atoms with Crippen LogP contribution in [0.5, 0.6) is 0 Å². The zero-order chi connectivity index (χ0) is 17.1. The second-order valence-corrected chi connectivity index (χ2v) is 7.22. The van der Waals surface area contributed by atoms with Gasteiger partial charge in [-0.05, 0) is 69.2 Å². The molecule has 0 heterocycles. The van der Waals surface area contributed by atoms with E-state index in [1.54, 1.807) is 5.57 Å². The van der Waals surface area contributed by atoms with Gasteiger partial charge in [-0.15, -0.1) is 0 Å². The van der Waals surface area contributed by atoms with Crippen molar-refractivity contribution in [2.75, 3.05) is 0 Å². The molecular weight excluding hydrogens is 290 g/mol. The maximum absolute atomic E-state index is 3.86. The van der Waals surface area contributed by atoms with E-state index in [1.165, 1.54) is 47.1 Å². The summed E-state index contributed by atoms with van der Waals surface area (Å²) in [5, 5.41) is 3.86. The van der Waals surface area contributed by atoms with Crippen molar-refractivity contribution in [2.45, 2.75) is 59.0 Å². The molecule has 1 nitrogen and oxygen atoms in total. The van der Waals surface area contributed by atoms with E-state index >= 15 is 0 Å². The highest BCUT2D eigenvalue weighted by Crippen LogP contribution is 2.35. The molecule has 0 saturated heterocycles. The lowest BCUT2D eigenvalue weighted by Gasteiger charge is -2.31. The van der Waals surface area contributed by atoms with Crippen LogP contribution in [-0.2, 0) is 0 Å². The Morgan fingerprint density at radius 3 is 2.50 bits per heavy atom. The van der Waals surface area contributed by atoms with Gasteiger partial charge in [-0.2, -0.15) is 0 Å². The van der Waals surface area contributed by atoms with Crippen molar-refractivity contribution in [3.63, 3.8) is 0 Å². The Bertz CT molecular complexity index is 727. The summed E-state index contributed by atoms with van der Waals surface area (Å²) in [6.07, 6.45) is 3.70. The third-order valence-corrected chi connectivity index (χ3v) is 5.39. The summed E-state index contributed by atoms with van der Waals surface area (Å²) in [7, 11) is 0. The zero-order valence-electron chi connectivity index (χ0n) is 15.4. The van der Waals surface area contributed by atoms with E-state index in [2.05, 4.69) is 81.5 Å². The molecule has 0 spiro atoms. The Labute approximate surface area is 146 Å². The quantitative estimate of drug-likeness (QED) is 0.731. The summed E-state index contributed by atoms with van der Waals surface area (Å²) in [6, 6.07) is 18.4. The molecule has 0 radical (unpaired) electrons. The van der Waals surface area contributed by atoms with E-state index in [0.717, 1.165) is 0 Å². The summed E-state index contributed by atoms with van der Waals surface area (Å²) in [5.74, 6) is 0. The number of aryl methyl sites for hydroxylation is 2. The lowest BCUT2D eigenvalue weighted by atomic mass is 9.82. The van der Waals surface area contributed by atoms with E-state index < -0.39 is 0 Å². The third-order valence-electron chi connectivity index (χ3n) is 5.39. The molecule has 0 amide bonds. The Hall–Kier alpha value is -1.86. The minimum atomic E-state index is 0.379. The van der Waals surface area contributed by atoms with Crippen LogP contribution in [0.25, 0.3) is 5.57 Å². The highest BCUT2D eigenvalue weighted by atomic mass is 14.9. The van der Waals surface area contributed by atoms with Crippen LogP contribution in [0.1, 0.15) is 61.4 Å². The first-order chi connectivity index (χ1) is 11.6. The maximum Gasteiger partial charge on any atom is 0.0297 e. The van der Waals surface area contributed by atoms with Gasteiger partial charge in [0.05, 0.1) is 0 Å².